The molecule has 1 amide bonds. The fraction of sp³-hybridized carbons (Fsp3) is 0.817. The molecule has 0 bridgehead atoms. The third kappa shape index (κ3) is 39.9. The number of hydrogen-bond donors (Lipinski definition) is 9. The smallest absolute Gasteiger partial charge is 0.220 e. The van der Waals surface area contributed by atoms with Gasteiger partial charge in [0.05, 0.1) is 32.0 Å². The summed E-state index contributed by atoms with van der Waals surface area (Å²) in [6.45, 7) is 2.68. The van der Waals surface area contributed by atoms with E-state index < -0.39 is 86.8 Å². The van der Waals surface area contributed by atoms with E-state index in [2.05, 4.69) is 79.9 Å². The number of amides is 1. The summed E-state index contributed by atoms with van der Waals surface area (Å²) in [5.41, 5.74) is 0. The highest BCUT2D eigenvalue weighted by molar-refractivity contribution is 5.76. The van der Waals surface area contributed by atoms with Crippen LogP contribution in [0, 0.1) is 0 Å². The van der Waals surface area contributed by atoms with Crippen molar-refractivity contribution in [3.63, 3.8) is 0 Å². The lowest BCUT2D eigenvalue weighted by Gasteiger charge is -2.46. The molecule has 14 nitrogen and oxygen atoms in total. The summed E-state index contributed by atoms with van der Waals surface area (Å²) in [5, 5.41) is 87.3. The van der Waals surface area contributed by atoms with Crippen molar-refractivity contribution in [2.75, 3.05) is 19.8 Å². The second-order valence-electron chi connectivity index (χ2n) is 24.3. The molecule has 2 aliphatic rings. The molecule has 2 aliphatic heterocycles. The maximum atomic E-state index is 13.3. The summed E-state index contributed by atoms with van der Waals surface area (Å²) in [5.74, 6) is -0.263. The Morgan fingerprint density at radius 1 is 0.435 bits per heavy atom. The molecular weight excluding hydrogens is 1070 g/mol. The number of ether oxygens (including phenoxy) is 4. The maximum Gasteiger partial charge on any atom is 0.220 e. The minimum Gasteiger partial charge on any atom is -0.394 e. The summed E-state index contributed by atoms with van der Waals surface area (Å²) in [4.78, 5) is 13.3. The molecule has 0 spiro atoms. The van der Waals surface area contributed by atoms with Gasteiger partial charge in [0.15, 0.2) is 12.6 Å². The average molecular weight is 1200 g/mol. The predicted octanol–water partition coefficient (Wildman–Crippen LogP) is 13.8. The Morgan fingerprint density at radius 2 is 0.824 bits per heavy atom. The number of rotatable bonds is 56. The molecule has 14 heteroatoms. The van der Waals surface area contributed by atoms with E-state index in [0.717, 1.165) is 77.0 Å². The van der Waals surface area contributed by atoms with E-state index >= 15 is 0 Å². The molecule has 0 aromatic heterocycles. The zero-order valence-corrected chi connectivity index (χ0v) is 53.6. The lowest BCUT2D eigenvalue weighted by atomic mass is 9.97. The molecular formula is C71H127NO13. The second kappa shape index (κ2) is 55.5. The van der Waals surface area contributed by atoms with Crippen LogP contribution in [0.5, 0.6) is 0 Å². The number of carbonyl (C=O) groups excluding carboxylic acids is 1. The van der Waals surface area contributed by atoms with Gasteiger partial charge in [-0.05, 0) is 70.6 Å². The molecule has 0 aromatic rings. The molecule has 12 atom stereocenters. The minimum absolute atomic E-state index is 0.254. The molecule has 2 fully saturated rings. The van der Waals surface area contributed by atoms with Crippen LogP contribution in [0.25, 0.3) is 0 Å². The van der Waals surface area contributed by atoms with Gasteiger partial charge in [-0.2, -0.15) is 0 Å². The molecule has 0 aliphatic carbocycles. The molecule has 0 aromatic carbocycles. The van der Waals surface area contributed by atoms with Crippen LogP contribution in [0.15, 0.2) is 72.9 Å². The van der Waals surface area contributed by atoms with Crippen LogP contribution in [-0.4, -0.2) is 140 Å². The highest BCUT2D eigenvalue weighted by Crippen LogP contribution is 2.30. The summed E-state index contributed by atoms with van der Waals surface area (Å²) in [6.07, 6.45) is 58.3. The van der Waals surface area contributed by atoms with Crippen molar-refractivity contribution in [2.24, 2.45) is 0 Å². The molecule has 9 N–H and O–H groups in total. The van der Waals surface area contributed by atoms with E-state index in [1.807, 2.05) is 6.08 Å². The standard InChI is InChI=1S/C71H127NO13/c1-3-5-7-9-11-13-15-17-19-21-23-24-25-26-27-28-29-30-31-32-33-34-35-37-38-40-42-44-46-48-50-52-54-60(75)59(72-63(76)55-53-51-49-47-45-43-41-39-36-22-20-18-16-14-12-10-8-6-4-2)58-82-70-68(81)66(79)69(62(57-74)84-70)85-71-67(80)65(78)64(77)61(56-73)83-71/h6,8,12,14,18,20,36,39,44,46,52,54,59-62,64-71,73-75,77-81H,3-5,7,9-11,13,15-17,19,21-35,37-38,40-43,45,47-51,53,55-58H2,1-2H3,(H,72,76)/b8-6-,14-12-,20-18-,39-36-,46-44+,54-52+. The monoisotopic (exact) mass is 1200 g/mol. The Hall–Kier alpha value is -2.57. The second-order valence-corrected chi connectivity index (χ2v) is 24.3. The third-order valence-electron chi connectivity index (χ3n) is 16.6. The molecule has 494 valence electrons. The van der Waals surface area contributed by atoms with Gasteiger partial charge in [-0.3, -0.25) is 4.79 Å². The highest BCUT2D eigenvalue weighted by atomic mass is 16.7. The number of aliphatic hydroxyl groups excluding tert-OH is 8. The largest absolute Gasteiger partial charge is 0.394 e. The van der Waals surface area contributed by atoms with Crippen LogP contribution in [-0.2, 0) is 23.7 Å². The van der Waals surface area contributed by atoms with Gasteiger partial charge in [0.25, 0.3) is 0 Å². The SMILES string of the molecule is CC/C=C\C/C=C\C/C=C\C/C=C\CCCCCCCCC(=O)NC(COC1OC(CO)C(OC2OC(CO)C(O)C(O)C2O)C(O)C1O)C(O)/C=C/CC/C=C/CCCCCCCCCCCCCCCCCCCCCCCCCCCC. The Kier molecular flexibility index (Phi) is 51.3. The van der Waals surface area contributed by atoms with Crippen molar-refractivity contribution in [3.05, 3.63) is 72.9 Å². The summed E-state index contributed by atoms with van der Waals surface area (Å²) in [6, 6.07) is -0.945. The fourth-order valence-corrected chi connectivity index (χ4v) is 11.1. The van der Waals surface area contributed by atoms with Crippen LogP contribution in [0.2, 0.25) is 0 Å². The lowest BCUT2D eigenvalue weighted by molar-refractivity contribution is -0.359. The number of carbonyl (C=O) groups is 1. The van der Waals surface area contributed by atoms with E-state index in [1.54, 1.807) is 6.08 Å². The van der Waals surface area contributed by atoms with Crippen LogP contribution in [0.4, 0.5) is 0 Å². The molecule has 0 radical (unpaired) electrons. The zero-order valence-electron chi connectivity index (χ0n) is 53.6. The molecule has 2 saturated heterocycles. The highest BCUT2D eigenvalue weighted by Gasteiger charge is 2.51. The van der Waals surface area contributed by atoms with Crippen LogP contribution in [0.1, 0.15) is 277 Å². The van der Waals surface area contributed by atoms with E-state index in [4.69, 9.17) is 18.9 Å². The van der Waals surface area contributed by atoms with Gasteiger partial charge in [-0.1, -0.05) is 273 Å². The van der Waals surface area contributed by atoms with Gasteiger partial charge in [0, 0.05) is 6.42 Å². The number of allylic oxidation sites excluding steroid dienone is 11. The van der Waals surface area contributed by atoms with Gasteiger partial charge in [-0.15, -0.1) is 0 Å². The van der Waals surface area contributed by atoms with Crippen LogP contribution >= 0.6 is 0 Å². The molecule has 2 heterocycles. The number of nitrogens with one attached hydrogen (secondary N) is 1. The predicted molar refractivity (Wildman–Crippen MR) is 346 cm³/mol. The molecule has 0 saturated carbocycles. The summed E-state index contributed by atoms with van der Waals surface area (Å²) in [7, 11) is 0. The average Bonchev–Trinajstić information content (AvgIpc) is 3.69. The van der Waals surface area contributed by atoms with E-state index in [0.29, 0.717) is 12.8 Å². The van der Waals surface area contributed by atoms with Gasteiger partial charge >= 0.3 is 0 Å². The first-order valence-electron chi connectivity index (χ1n) is 34.7. The van der Waals surface area contributed by atoms with Crippen LogP contribution < -0.4 is 5.32 Å². The quantitative estimate of drug-likeness (QED) is 0.0204. The Morgan fingerprint density at radius 3 is 1.29 bits per heavy atom. The van der Waals surface area contributed by atoms with Gasteiger partial charge in [0.1, 0.15) is 48.8 Å². The topological polar surface area (TPSA) is 228 Å². The number of hydrogen-bond acceptors (Lipinski definition) is 13. The van der Waals surface area contributed by atoms with E-state index in [-0.39, 0.29) is 18.9 Å². The van der Waals surface area contributed by atoms with Crippen LogP contribution in [0.3, 0.4) is 0 Å². The first kappa shape index (κ1) is 78.5. The zero-order chi connectivity index (χ0) is 61.6. The first-order valence-corrected chi connectivity index (χ1v) is 34.7. The van der Waals surface area contributed by atoms with Crippen molar-refractivity contribution in [1.29, 1.82) is 0 Å². The van der Waals surface area contributed by atoms with Gasteiger partial charge in [0.2, 0.25) is 5.91 Å². The Balaban J connectivity index is 1.69. The third-order valence-corrected chi connectivity index (χ3v) is 16.6. The number of unbranched alkanes of at least 4 members (excludes halogenated alkanes) is 33. The van der Waals surface area contributed by atoms with Crippen molar-refractivity contribution < 1.29 is 64.6 Å². The van der Waals surface area contributed by atoms with E-state index in [1.165, 1.54) is 167 Å². The minimum atomic E-state index is -1.80. The van der Waals surface area contributed by atoms with Gasteiger partial charge < -0.3 is 65.1 Å². The summed E-state index contributed by atoms with van der Waals surface area (Å²) < 4.78 is 22.8. The van der Waals surface area contributed by atoms with Crippen molar-refractivity contribution >= 4 is 5.91 Å². The molecule has 85 heavy (non-hydrogen) atoms. The van der Waals surface area contributed by atoms with Gasteiger partial charge in [-0.25, -0.2) is 0 Å². The maximum absolute atomic E-state index is 13.3. The Bertz CT molecular complexity index is 1700. The van der Waals surface area contributed by atoms with E-state index in [9.17, 15) is 45.6 Å². The van der Waals surface area contributed by atoms with Crippen molar-refractivity contribution in [2.45, 2.75) is 351 Å². The number of aliphatic hydroxyl groups is 8. The fourth-order valence-electron chi connectivity index (χ4n) is 11.1. The normalized spacial score (nSPS) is 24.0. The molecule has 12 unspecified atom stereocenters. The molecule has 2 rings (SSSR count). The summed E-state index contributed by atoms with van der Waals surface area (Å²) >= 11 is 0. The van der Waals surface area contributed by atoms with Crippen molar-refractivity contribution in [3.8, 4) is 0 Å². The lowest BCUT2D eigenvalue weighted by Crippen LogP contribution is -2.65. The Labute approximate surface area is 517 Å². The first-order chi connectivity index (χ1) is 41.6. The van der Waals surface area contributed by atoms with Crippen molar-refractivity contribution in [1.82, 2.24) is 5.32 Å².